The van der Waals surface area contributed by atoms with E-state index in [0.29, 0.717) is 38.4 Å². The highest BCUT2D eigenvalue weighted by atomic mass is 35.5. The van der Waals surface area contributed by atoms with Gasteiger partial charge in [0.2, 0.25) is 0 Å². The van der Waals surface area contributed by atoms with Crippen LogP contribution in [0.2, 0.25) is 5.02 Å². The molecule has 180 valence electrons. The van der Waals surface area contributed by atoms with Gasteiger partial charge in [-0.25, -0.2) is 4.79 Å². The number of anilines is 1. The van der Waals surface area contributed by atoms with E-state index in [1.807, 2.05) is 4.90 Å². The summed E-state index contributed by atoms with van der Waals surface area (Å²) >= 11 is 5.89. The first-order valence-electron chi connectivity index (χ1n) is 10.7. The molecule has 1 aromatic carbocycles. The summed E-state index contributed by atoms with van der Waals surface area (Å²) in [5.74, 6) is 0. The van der Waals surface area contributed by atoms with E-state index >= 15 is 0 Å². The van der Waals surface area contributed by atoms with Crippen molar-refractivity contribution in [3.05, 3.63) is 46.2 Å². The predicted molar refractivity (Wildman–Crippen MR) is 115 cm³/mol. The lowest BCUT2D eigenvalue weighted by Gasteiger charge is -2.35. The van der Waals surface area contributed by atoms with E-state index in [2.05, 4.69) is 10.00 Å². The van der Waals surface area contributed by atoms with Gasteiger partial charge in [0.1, 0.15) is 5.69 Å². The number of alkyl halides is 3. The maximum atomic E-state index is 13.3. The van der Waals surface area contributed by atoms with E-state index in [-0.39, 0.29) is 10.7 Å². The van der Waals surface area contributed by atoms with Crippen molar-refractivity contribution in [2.24, 2.45) is 0 Å². The van der Waals surface area contributed by atoms with Crippen molar-refractivity contribution in [1.29, 1.82) is 0 Å². The van der Waals surface area contributed by atoms with Gasteiger partial charge in [-0.15, -0.1) is 0 Å². The van der Waals surface area contributed by atoms with E-state index < -0.39 is 24.1 Å². The topological polar surface area (TPSA) is 85.1 Å². The first-order valence-corrected chi connectivity index (χ1v) is 11.1. The molecular formula is C21H25ClF3N5O3. The van der Waals surface area contributed by atoms with Gasteiger partial charge in [-0.05, 0) is 30.5 Å². The minimum absolute atomic E-state index is 0.0197. The SMILES string of the molecule is O=C(N1CCN(Cc2ccc(C(F)(F)F)cc2N2CCCC2)CC1)n1cc(Cl)c(C(O)O)n1. The summed E-state index contributed by atoms with van der Waals surface area (Å²) in [6.07, 6.45) is -3.11. The van der Waals surface area contributed by atoms with Gasteiger partial charge >= 0.3 is 12.2 Å². The number of piperazine rings is 1. The van der Waals surface area contributed by atoms with Gasteiger partial charge in [0.15, 0.2) is 6.29 Å². The quantitative estimate of drug-likeness (QED) is 0.645. The normalized spacial score (nSPS) is 17.9. The van der Waals surface area contributed by atoms with Crippen LogP contribution in [0.25, 0.3) is 0 Å². The van der Waals surface area contributed by atoms with Crippen LogP contribution in [0.15, 0.2) is 24.4 Å². The molecule has 2 aliphatic rings. The zero-order chi connectivity index (χ0) is 23.8. The number of aliphatic hydroxyl groups is 2. The molecule has 2 fully saturated rings. The van der Waals surface area contributed by atoms with Crippen LogP contribution in [0.4, 0.5) is 23.7 Å². The van der Waals surface area contributed by atoms with Crippen LogP contribution in [-0.4, -0.2) is 75.1 Å². The summed E-state index contributed by atoms with van der Waals surface area (Å²) in [7, 11) is 0. The summed E-state index contributed by atoms with van der Waals surface area (Å²) in [6.45, 7) is 3.84. The molecule has 1 amide bonds. The minimum Gasteiger partial charge on any atom is -0.371 e. The van der Waals surface area contributed by atoms with Crippen LogP contribution >= 0.6 is 11.6 Å². The Morgan fingerprint density at radius 2 is 1.76 bits per heavy atom. The van der Waals surface area contributed by atoms with Crippen molar-refractivity contribution in [1.82, 2.24) is 19.6 Å². The average Bonchev–Trinajstić information content (AvgIpc) is 3.43. The molecule has 0 radical (unpaired) electrons. The molecule has 4 rings (SSSR count). The fourth-order valence-corrected chi connectivity index (χ4v) is 4.48. The third-order valence-electron chi connectivity index (χ3n) is 6.03. The molecule has 1 aromatic heterocycles. The van der Waals surface area contributed by atoms with Crippen molar-refractivity contribution in [3.63, 3.8) is 0 Å². The number of amides is 1. The molecule has 2 saturated heterocycles. The first kappa shape index (κ1) is 23.8. The number of hydrogen-bond donors (Lipinski definition) is 2. The summed E-state index contributed by atoms with van der Waals surface area (Å²) < 4.78 is 40.8. The van der Waals surface area contributed by atoms with Crippen LogP contribution in [0, 0.1) is 0 Å². The molecule has 2 aromatic rings. The molecule has 0 aliphatic carbocycles. The van der Waals surface area contributed by atoms with Gasteiger partial charge in [0, 0.05) is 51.5 Å². The fourth-order valence-electron chi connectivity index (χ4n) is 4.25. The second-order valence-corrected chi connectivity index (χ2v) is 8.67. The Morgan fingerprint density at radius 3 is 2.33 bits per heavy atom. The molecule has 2 N–H and O–H groups in total. The Balaban J connectivity index is 1.42. The lowest BCUT2D eigenvalue weighted by atomic mass is 10.1. The Labute approximate surface area is 193 Å². The lowest BCUT2D eigenvalue weighted by Crippen LogP contribution is -2.49. The highest BCUT2D eigenvalue weighted by molar-refractivity contribution is 6.31. The number of aliphatic hydroxyl groups excluding tert-OH is 1. The Kier molecular flexibility index (Phi) is 6.85. The van der Waals surface area contributed by atoms with Gasteiger partial charge in [-0.1, -0.05) is 17.7 Å². The van der Waals surface area contributed by atoms with Crippen molar-refractivity contribution in [2.75, 3.05) is 44.2 Å². The minimum atomic E-state index is -4.39. The fraction of sp³-hybridized carbons (Fsp3) is 0.524. The highest BCUT2D eigenvalue weighted by Gasteiger charge is 2.32. The average molecular weight is 488 g/mol. The van der Waals surface area contributed by atoms with Crippen LogP contribution in [0.1, 0.15) is 36.0 Å². The third-order valence-corrected chi connectivity index (χ3v) is 6.32. The van der Waals surface area contributed by atoms with Crippen molar-refractivity contribution in [3.8, 4) is 0 Å². The molecule has 0 spiro atoms. The van der Waals surface area contributed by atoms with Crippen molar-refractivity contribution in [2.45, 2.75) is 31.9 Å². The molecule has 12 heteroatoms. The van der Waals surface area contributed by atoms with Gasteiger partial charge in [0.25, 0.3) is 0 Å². The van der Waals surface area contributed by atoms with E-state index in [9.17, 15) is 28.2 Å². The number of nitrogens with zero attached hydrogens (tertiary/aromatic N) is 5. The summed E-state index contributed by atoms with van der Waals surface area (Å²) in [6, 6.07) is 3.50. The maximum absolute atomic E-state index is 13.3. The molecule has 2 aliphatic heterocycles. The van der Waals surface area contributed by atoms with E-state index in [1.54, 1.807) is 11.0 Å². The smallest absolute Gasteiger partial charge is 0.371 e. The number of benzene rings is 1. The molecular weight excluding hydrogens is 463 g/mol. The standard InChI is InChI=1S/C21H25ClF3N5O3/c22-16-13-30(26-18(16)19(31)32)20(33)29-9-7-27(8-10-29)12-14-3-4-15(21(23,24)25)11-17(14)28-5-1-2-6-28/h3-4,11,13,19,31-32H,1-2,5-10,12H2. The van der Waals surface area contributed by atoms with E-state index in [0.717, 1.165) is 42.2 Å². The number of aromatic nitrogens is 2. The third kappa shape index (κ3) is 5.26. The largest absolute Gasteiger partial charge is 0.416 e. The van der Waals surface area contributed by atoms with Gasteiger partial charge in [-0.2, -0.15) is 23.0 Å². The first-order chi connectivity index (χ1) is 15.6. The number of halogens is 4. The summed E-state index contributed by atoms with van der Waals surface area (Å²) in [5, 5.41) is 22.3. The molecule has 8 nitrogen and oxygen atoms in total. The summed E-state index contributed by atoms with van der Waals surface area (Å²) in [4.78, 5) is 18.4. The monoisotopic (exact) mass is 487 g/mol. The molecule has 0 unspecified atom stereocenters. The zero-order valence-electron chi connectivity index (χ0n) is 17.8. The number of hydrogen-bond acceptors (Lipinski definition) is 6. The van der Waals surface area contributed by atoms with Gasteiger partial charge in [0.05, 0.1) is 16.8 Å². The van der Waals surface area contributed by atoms with Crippen LogP contribution in [0.5, 0.6) is 0 Å². The lowest BCUT2D eigenvalue weighted by molar-refractivity contribution is -0.137. The van der Waals surface area contributed by atoms with Crippen LogP contribution in [-0.2, 0) is 12.7 Å². The number of carbonyl (C=O) groups excluding carboxylic acids is 1. The highest BCUT2D eigenvalue weighted by Crippen LogP contribution is 2.35. The molecule has 0 bridgehead atoms. The Morgan fingerprint density at radius 1 is 1.09 bits per heavy atom. The Bertz CT molecular complexity index is 1000. The molecule has 0 atom stereocenters. The van der Waals surface area contributed by atoms with Gasteiger partial charge < -0.3 is 20.0 Å². The van der Waals surface area contributed by atoms with Crippen LogP contribution < -0.4 is 4.90 Å². The molecule has 33 heavy (non-hydrogen) atoms. The molecule has 3 heterocycles. The molecule has 0 saturated carbocycles. The van der Waals surface area contributed by atoms with Crippen LogP contribution in [0.3, 0.4) is 0 Å². The van der Waals surface area contributed by atoms with Crippen molar-refractivity contribution < 1.29 is 28.2 Å². The predicted octanol–water partition coefficient (Wildman–Crippen LogP) is 2.92. The number of carbonyl (C=O) groups is 1. The second-order valence-electron chi connectivity index (χ2n) is 8.26. The van der Waals surface area contributed by atoms with Gasteiger partial charge in [-0.3, -0.25) is 4.90 Å². The van der Waals surface area contributed by atoms with E-state index in [4.69, 9.17) is 11.6 Å². The number of rotatable bonds is 4. The zero-order valence-corrected chi connectivity index (χ0v) is 18.6. The maximum Gasteiger partial charge on any atom is 0.416 e. The van der Waals surface area contributed by atoms with Crippen molar-refractivity contribution >= 4 is 23.3 Å². The Hall–Kier alpha value is -2.34. The second kappa shape index (κ2) is 9.49. The summed E-state index contributed by atoms with van der Waals surface area (Å²) in [5.41, 5.74) is 0.626. The van der Waals surface area contributed by atoms with E-state index in [1.165, 1.54) is 12.3 Å².